The van der Waals surface area contributed by atoms with E-state index in [1.165, 1.54) is 0 Å². The topological polar surface area (TPSA) is 85.4 Å². The predicted octanol–water partition coefficient (Wildman–Crippen LogP) is 3.16. The molecule has 0 unspecified atom stereocenters. The monoisotopic (exact) mass is 344 g/mol. The lowest BCUT2D eigenvalue weighted by Gasteiger charge is -2.11. The Labute approximate surface area is 147 Å². The van der Waals surface area contributed by atoms with Gasteiger partial charge in [0.05, 0.1) is 19.9 Å². The maximum atomic E-state index is 12.0. The Morgan fingerprint density at radius 3 is 2.56 bits per heavy atom. The Morgan fingerprint density at radius 2 is 1.92 bits per heavy atom. The average Bonchev–Trinajstić information content (AvgIpc) is 2.66. The maximum Gasteiger partial charge on any atom is 0.271 e. The van der Waals surface area contributed by atoms with Crippen molar-refractivity contribution in [3.63, 3.8) is 0 Å². The zero-order valence-electron chi connectivity index (χ0n) is 14.8. The summed E-state index contributed by atoms with van der Waals surface area (Å²) < 4.78 is 10.5. The van der Waals surface area contributed by atoms with E-state index in [0.29, 0.717) is 29.6 Å². The maximum absolute atomic E-state index is 12.0. The van der Waals surface area contributed by atoms with Crippen molar-refractivity contribution in [2.75, 3.05) is 26.1 Å². The van der Waals surface area contributed by atoms with Crippen molar-refractivity contribution in [1.29, 1.82) is 0 Å². The van der Waals surface area contributed by atoms with Crippen LogP contribution in [-0.4, -0.2) is 36.9 Å². The molecule has 0 saturated carbocycles. The number of methoxy groups -OCH3 is 2. The van der Waals surface area contributed by atoms with Gasteiger partial charge in [0.1, 0.15) is 11.5 Å². The quantitative estimate of drug-likeness (QED) is 0.680. The van der Waals surface area contributed by atoms with Gasteiger partial charge in [-0.1, -0.05) is 19.8 Å². The van der Waals surface area contributed by atoms with E-state index in [9.17, 15) is 4.79 Å². The van der Waals surface area contributed by atoms with E-state index >= 15 is 0 Å². The lowest BCUT2D eigenvalue weighted by molar-refractivity contribution is 0.0947. The summed E-state index contributed by atoms with van der Waals surface area (Å²) in [6.07, 6.45) is 3.18. The molecule has 0 aliphatic heterocycles. The number of nitrogens with zero attached hydrogens (tertiary/aromatic N) is 2. The number of ether oxygens (including phenoxy) is 2. The molecule has 0 atom stereocenters. The van der Waals surface area contributed by atoms with Crippen LogP contribution in [0.2, 0.25) is 0 Å². The fraction of sp³-hybridized carbons (Fsp3) is 0.389. The van der Waals surface area contributed by atoms with E-state index in [2.05, 4.69) is 27.8 Å². The number of rotatable bonds is 9. The number of carbonyl (C=O) groups is 1. The molecular weight excluding hydrogens is 320 g/mol. The van der Waals surface area contributed by atoms with Gasteiger partial charge in [0.2, 0.25) is 0 Å². The molecule has 0 fully saturated rings. The number of hydrogen-bond acceptors (Lipinski definition) is 6. The number of hydrogen-bond donors (Lipinski definition) is 2. The standard InChI is InChI=1S/C18H24N4O3/c1-4-5-6-11-19-18(23)15-9-10-17(22-21-15)20-14-8-7-13(24-2)12-16(14)25-3/h7-10,12H,4-6,11H2,1-3H3,(H,19,23)(H,20,22). The van der Waals surface area contributed by atoms with Gasteiger partial charge in [-0.25, -0.2) is 0 Å². The molecule has 1 heterocycles. The number of amides is 1. The predicted molar refractivity (Wildman–Crippen MR) is 96.7 cm³/mol. The fourth-order valence-electron chi connectivity index (χ4n) is 2.23. The summed E-state index contributed by atoms with van der Waals surface area (Å²) in [5.74, 6) is 1.63. The van der Waals surface area contributed by atoms with Gasteiger partial charge in [-0.3, -0.25) is 4.79 Å². The summed E-state index contributed by atoms with van der Waals surface area (Å²) in [7, 11) is 3.18. The number of aromatic nitrogens is 2. The molecule has 7 heteroatoms. The van der Waals surface area contributed by atoms with Crippen molar-refractivity contribution in [1.82, 2.24) is 15.5 Å². The molecule has 1 aromatic carbocycles. The molecule has 25 heavy (non-hydrogen) atoms. The van der Waals surface area contributed by atoms with E-state index in [0.717, 1.165) is 24.9 Å². The van der Waals surface area contributed by atoms with Gasteiger partial charge in [-0.2, -0.15) is 0 Å². The van der Waals surface area contributed by atoms with E-state index in [4.69, 9.17) is 9.47 Å². The summed E-state index contributed by atoms with van der Waals surface area (Å²) >= 11 is 0. The molecule has 0 saturated heterocycles. The second-order valence-electron chi connectivity index (χ2n) is 5.46. The minimum atomic E-state index is -0.211. The highest BCUT2D eigenvalue weighted by Crippen LogP contribution is 2.30. The van der Waals surface area contributed by atoms with Crippen LogP contribution in [0.25, 0.3) is 0 Å². The van der Waals surface area contributed by atoms with Crippen LogP contribution in [0.3, 0.4) is 0 Å². The van der Waals surface area contributed by atoms with Gasteiger partial charge in [0.15, 0.2) is 11.5 Å². The summed E-state index contributed by atoms with van der Waals surface area (Å²) in [6.45, 7) is 2.77. The van der Waals surface area contributed by atoms with E-state index < -0.39 is 0 Å². The second-order valence-corrected chi connectivity index (χ2v) is 5.46. The smallest absolute Gasteiger partial charge is 0.271 e. The van der Waals surface area contributed by atoms with Crippen LogP contribution in [-0.2, 0) is 0 Å². The molecule has 2 rings (SSSR count). The number of carbonyl (C=O) groups excluding carboxylic acids is 1. The van der Waals surface area contributed by atoms with Gasteiger partial charge < -0.3 is 20.1 Å². The molecule has 1 aromatic heterocycles. The first-order valence-corrected chi connectivity index (χ1v) is 8.29. The molecule has 0 aliphatic rings. The van der Waals surface area contributed by atoms with Crippen LogP contribution >= 0.6 is 0 Å². The summed E-state index contributed by atoms with van der Waals surface area (Å²) in [4.78, 5) is 12.0. The molecular formula is C18H24N4O3. The third kappa shape index (κ3) is 5.34. The third-order valence-electron chi connectivity index (χ3n) is 3.63. The van der Waals surface area contributed by atoms with Gasteiger partial charge in [-0.05, 0) is 30.7 Å². The molecule has 2 N–H and O–H groups in total. The Kier molecular flexibility index (Phi) is 7.00. The lowest BCUT2D eigenvalue weighted by Crippen LogP contribution is -2.25. The highest BCUT2D eigenvalue weighted by molar-refractivity contribution is 5.92. The molecule has 7 nitrogen and oxygen atoms in total. The molecule has 1 amide bonds. The summed E-state index contributed by atoms with van der Waals surface area (Å²) in [5, 5.41) is 14.0. The van der Waals surface area contributed by atoms with Crippen molar-refractivity contribution in [3.05, 3.63) is 36.0 Å². The Balaban J connectivity index is 1.99. The van der Waals surface area contributed by atoms with Crippen molar-refractivity contribution in [2.24, 2.45) is 0 Å². The highest BCUT2D eigenvalue weighted by Gasteiger charge is 2.09. The molecule has 0 radical (unpaired) electrons. The summed E-state index contributed by atoms with van der Waals surface area (Å²) in [6, 6.07) is 8.76. The number of benzene rings is 1. The largest absolute Gasteiger partial charge is 0.497 e. The summed E-state index contributed by atoms with van der Waals surface area (Å²) in [5.41, 5.74) is 1.03. The van der Waals surface area contributed by atoms with E-state index in [1.807, 2.05) is 12.1 Å². The first-order valence-electron chi connectivity index (χ1n) is 8.29. The van der Waals surface area contributed by atoms with Crippen LogP contribution in [0, 0.1) is 0 Å². The zero-order chi connectivity index (χ0) is 18.1. The Hall–Kier alpha value is -2.83. The molecule has 2 aromatic rings. The van der Waals surface area contributed by atoms with Crippen molar-refractivity contribution >= 4 is 17.4 Å². The molecule has 0 bridgehead atoms. The zero-order valence-corrected chi connectivity index (χ0v) is 14.8. The van der Waals surface area contributed by atoms with Crippen LogP contribution < -0.4 is 20.1 Å². The third-order valence-corrected chi connectivity index (χ3v) is 3.63. The average molecular weight is 344 g/mol. The first-order chi connectivity index (χ1) is 12.2. The first kappa shape index (κ1) is 18.5. The van der Waals surface area contributed by atoms with Crippen molar-refractivity contribution in [3.8, 4) is 11.5 Å². The van der Waals surface area contributed by atoms with Gasteiger partial charge in [0, 0.05) is 12.6 Å². The van der Waals surface area contributed by atoms with Gasteiger partial charge in [-0.15, -0.1) is 10.2 Å². The Morgan fingerprint density at radius 1 is 1.08 bits per heavy atom. The number of nitrogens with one attached hydrogen (secondary N) is 2. The minimum absolute atomic E-state index is 0.211. The molecule has 0 aliphatic carbocycles. The minimum Gasteiger partial charge on any atom is -0.497 e. The van der Waals surface area contributed by atoms with Crippen LogP contribution in [0.4, 0.5) is 11.5 Å². The van der Waals surface area contributed by atoms with Crippen LogP contribution in [0.15, 0.2) is 30.3 Å². The molecule has 0 spiro atoms. The number of unbranched alkanes of at least 4 members (excludes halogenated alkanes) is 2. The lowest BCUT2D eigenvalue weighted by atomic mass is 10.2. The highest BCUT2D eigenvalue weighted by atomic mass is 16.5. The van der Waals surface area contributed by atoms with Crippen LogP contribution in [0.1, 0.15) is 36.7 Å². The second kappa shape index (κ2) is 9.46. The van der Waals surface area contributed by atoms with Gasteiger partial charge in [0.25, 0.3) is 5.91 Å². The fourth-order valence-corrected chi connectivity index (χ4v) is 2.23. The SMILES string of the molecule is CCCCCNC(=O)c1ccc(Nc2ccc(OC)cc2OC)nn1. The van der Waals surface area contributed by atoms with Gasteiger partial charge >= 0.3 is 0 Å². The Bertz CT molecular complexity index is 689. The number of anilines is 2. The van der Waals surface area contributed by atoms with E-state index in [-0.39, 0.29) is 5.91 Å². The normalized spacial score (nSPS) is 10.2. The van der Waals surface area contributed by atoms with Crippen LogP contribution in [0.5, 0.6) is 11.5 Å². The molecule has 134 valence electrons. The van der Waals surface area contributed by atoms with E-state index in [1.54, 1.807) is 32.4 Å². The van der Waals surface area contributed by atoms with Crippen molar-refractivity contribution in [2.45, 2.75) is 26.2 Å². The van der Waals surface area contributed by atoms with Crippen molar-refractivity contribution < 1.29 is 14.3 Å².